The Morgan fingerprint density at radius 1 is 1.12 bits per heavy atom. The first-order chi connectivity index (χ1) is 16.4. The van der Waals surface area contributed by atoms with E-state index in [2.05, 4.69) is 0 Å². The molecule has 2 heterocycles. The second-order valence-corrected chi connectivity index (χ2v) is 12.1. The molecule has 6 nitrogen and oxygen atoms in total. The van der Waals surface area contributed by atoms with Gasteiger partial charge in [-0.3, -0.25) is 4.79 Å². The van der Waals surface area contributed by atoms with Crippen molar-refractivity contribution < 1.29 is 17.6 Å². The van der Waals surface area contributed by atoms with Gasteiger partial charge in [-0.05, 0) is 62.3 Å². The van der Waals surface area contributed by atoms with Crippen molar-refractivity contribution >= 4 is 44.3 Å². The van der Waals surface area contributed by atoms with E-state index in [0.29, 0.717) is 18.0 Å². The highest BCUT2D eigenvalue weighted by Gasteiger charge is 2.39. The van der Waals surface area contributed by atoms with E-state index in [-0.39, 0.29) is 16.8 Å². The van der Waals surface area contributed by atoms with E-state index in [9.17, 15) is 13.2 Å². The smallest absolute Gasteiger partial charge is 0.244 e. The summed E-state index contributed by atoms with van der Waals surface area (Å²) in [5.41, 5.74) is 1.45. The van der Waals surface area contributed by atoms with E-state index in [1.54, 1.807) is 33.1 Å². The third kappa shape index (κ3) is 4.27. The van der Waals surface area contributed by atoms with E-state index in [4.69, 9.17) is 4.42 Å². The number of anilines is 1. The van der Waals surface area contributed by atoms with E-state index in [0.717, 1.165) is 53.7 Å². The lowest BCUT2D eigenvalue weighted by atomic mass is 10.1. The average Bonchev–Trinajstić information content (AvgIpc) is 3.44. The second kappa shape index (κ2) is 9.40. The molecule has 1 fully saturated rings. The number of thioether (sulfide) groups is 1. The summed E-state index contributed by atoms with van der Waals surface area (Å²) in [5.74, 6) is 1.48. The van der Waals surface area contributed by atoms with Gasteiger partial charge >= 0.3 is 0 Å². The molecular formula is C26H30N2O4S2. The molecule has 0 spiro atoms. The molecule has 1 atom stereocenters. The number of para-hydroxylation sites is 1. The normalized spacial score (nSPS) is 18.3. The van der Waals surface area contributed by atoms with Gasteiger partial charge in [0.15, 0.2) is 0 Å². The molecule has 1 saturated carbocycles. The van der Waals surface area contributed by atoms with Crippen molar-refractivity contribution in [2.45, 2.75) is 67.8 Å². The maximum Gasteiger partial charge on any atom is 0.244 e. The molecule has 0 radical (unpaired) electrons. The minimum absolute atomic E-state index is 0.0680. The number of furan rings is 1. The Balaban J connectivity index is 1.58. The second-order valence-electron chi connectivity index (χ2n) is 9.14. The summed E-state index contributed by atoms with van der Waals surface area (Å²) in [4.78, 5) is 15.2. The first-order valence-corrected chi connectivity index (χ1v) is 14.4. The fourth-order valence-electron chi connectivity index (χ4n) is 5.18. The topological polar surface area (TPSA) is 70.8 Å². The van der Waals surface area contributed by atoms with Gasteiger partial charge in [-0.2, -0.15) is 4.31 Å². The van der Waals surface area contributed by atoms with Crippen molar-refractivity contribution in [3.05, 3.63) is 54.3 Å². The molecule has 8 heteroatoms. The van der Waals surface area contributed by atoms with Gasteiger partial charge in [0.25, 0.3) is 0 Å². The highest BCUT2D eigenvalue weighted by molar-refractivity contribution is 7.99. The molecule has 3 aromatic rings. The fourth-order valence-corrected chi connectivity index (χ4v) is 8.02. The number of rotatable bonds is 5. The molecule has 0 bridgehead atoms. The maximum absolute atomic E-state index is 14.2. The van der Waals surface area contributed by atoms with Crippen LogP contribution in [0.5, 0.6) is 0 Å². The summed E-state index contributed by atoms with van der Waals surface area (Å²) < 4.78 is 36.1. The molecule has 1 amide bonds. The van der Waals surface area contributed by atoms with Crippen molar-refractivity contribution in [1.82, 2.24) is 4.31 Å². The van der Waals surface area contributed by atoms with Crippen LogP contribution in [0.3, 0.4) is 0 Å². The number of amides is 1. The zero-order valence-electron chi connectivity index (χ0n) is 19.6. The standard InChI is InChI=1S/C26H30N2O4S2/c1-18(25-16-20-8-3-6-11-24(20)32-25)28(21-9-4-5-10-21)34(30,31)22-12-13-26-23(17-22)27(19(2)29)14-7-15-33-26/h3,6,8,11-13,16-18,21H,4-5,7,9-10,14-15H2,1-2H3. The molecule has 2 aromatic carbocycles. The number of sulfonamides is 1. The molecule has 2 aliphatic rings. The Hall–Kier alpha value is -2.29. The first-order valence-electron chi connectivity index (χ1n) is 11.9. The van der Waals surface area contributed by atoms with Crippen molar-refractivity contribution in [2.75, 3.05) is 17.2 Å². The summed E-state index contributed by atoms with van der Waals surface area (Å²) in [7, 11) is -3.84. The minimum atomic E-state index is -3.84. The number of benzene rings is 2. The molecule has 180 valence electrons. The van der Waals surface area contributed by atoms with Crippen LogP contribution in [-0.4, -0.2) is 37.0 Å². The van der Waals surface area contributed by atoms with Gasteiger partial charge in [0, 0.05) is 29.8 Å². The summed E-state index contributed by atoms with van der Waals surface area (Å²) in [6.45, 7) is 4.05. The lowest BCUT2D eigenvalue weighted by Crippen LogP contribution is -2.40. The zero-order valence-corrected chi connectivity index (χ0v) is 21.2. The lowest BCUT2D eigenvalue weighted by Gasteiger charge is -2.33. The van der Waals surface area contributed by atoms with Gasteiger partial charge in [-0.25, -0.2) is 8.42 Å². The van der Waals surface area contributed by atoms with Gasteiger partial charge in [0.2, 0.25) is 15.9 Å². The molecular weight excluding hydrogens is 468 g/mol. The van der Waals surface area contributed by atoms with E-state index in [1.807, 2.05) is 43.3 Å². The van der Waals surface area contributed by atoms with Crippen LogP contribution in [0.1, 0.15) is 57.8 Å². The lowest BCUT2D eigenvalue weighted by molar-refractivity contribution is -0.116. The monoisotopic (exact) mass is 498 g/mol. The minimum Gasteiger partial charge on any atom is -0.459 e. The van der Waals surface area contributed by atoms with Gasteiger partial charge in [0.05, 0.1) is 16.6 Å². The van der Waals surface area contributed by atoms with Crippen LogP contribution in [0.2, 0.25) is 0 Å². The molecule has 1 unspecified atom stereocenters. The Bertz CT molecular complexity index is 1280. The van der Waals surface area contributed by atoms with Crippen molar-refractivity contribution in [2.24, 2.45) is 0 Å². The van der Waals surface area contributed by atoms with Crippen LogP contribution < -0.4 is 4.90 Å². The maximum atomic E-state index is 14.2. The molecule has 34 heavy (non-hydrogen) atoms. The van der Waals surface area contributed by atoms with Gasteiger partial charge in [0.1, 0.15) is 11.3 Å². The largest absolute Gasteiger partial charge is 0.459 e. The molecule has 0 N–H and O–H groups in total. The molecule has 5 rings (SSSR count). The van der Waals surface area contributed by atoms with Crippen LogP contribution in [0.4, 0.5) is 5.69 Å². The number of fused-ring (bicyclic) bond motifs is 2. The van der Waals surface area contributed by atoms with Gasteiger partial charge < -0.3 is 9.32 Å². The van der Waals surface area contributed by atoms with Crippen LogP contribution in [-0.2, 0) is 14.8 Å². The van der Waals surface area contributed by atoms with Crippen LogP contribution in [0.15, 0.2) is 62.7 Å². The highest BCUT2D eigenvalue weighted by atomic mass is 32.2. The van der Waals surface area contributed by atoms with Crippen LogP contribution in [0, 0.1) is 0 Å². The Kier molecular flexibility index (Phi) is 6.48. The summed E-state index contributed by atoms with van der Waals surface area (Å²) in [6.07, 6.45) is 4.58. The predicted molar refractivity (Wildman–Crippen MR) is 136 cm³/mol. The SMILES string of the molecule is CC(=O)N1CCCSc2ccc(S(=O)(=O)N(C3CCCC3)C(C)c3cc4ccccc4o3)cc21. The Morgan fingerprint density at radius 3 is 2.62 bits per heavy atom. The summed E-state index contributed by atoms with van der Waals surface area (Å²) >= 11 is 1.67. The van der Waals surface area contributed by atoms with Crippen molar-refractivity contribution in [1.29, 1.82) is 0 Å². The zero-order chi connectivity index (χ0) is 23.9. The third-order valence-electron chi connectivity index (χ3n) is 6.88. The molecule has 0 saturated heterocycles. The number of carbonyl (C=O) groups is 1. The summed E-state index contributed by atoms with van der Waals surface area (Å²) in [5, 5.41) is 0.965. The summed E-state index contributed by atoms with van der Waals surface area (Å²) in [6, 6.07) is 14.4. The van der Waals surface area contributed by atoms with Crippen molar-refractivity contribution in [3.8, 4) is 0 Å². The Labute approximate surface area is 205 Å². The predicted octanol–water partition coefficient (Wildman–Crippen LogP) is 5.98. The van der Waals surface area contributed by atoms with E-state index >= 15 is 0 Å². The highest BCUT2D eigenvalue weighted by Crippen LogP contribution is 2.40. The number of hydrogen-bond donors (Lipinski definition) is 0. The number of hydrogen-bond acceptors (Lipinski definition) is 5. The van der Waals surface area contributed by atoms with Crippen LogP contribution in [0.25, 0.3) is 11.0 Å². The van der Waals surface area contributed by atoms with Crippen LogP contribution >= 0.6 is 11.8 Å². The first kappa shape index (κ1) is 23.5. The fraction of sp³-hybridized carbons (Fsp3) is 0.423. The Morgan fingerprint density at radius 2 is 1.88 bits per heavy atom. The average molecular weight is 499 g/mol. The molecule has 1 aliphatic heterocycles. The van der Waals surface area contributed by atoms with Crippen molar-refractivity contribution in [3.63, 3.8) is 0 Å². The molecule has 1 aromatic heterocycles. The van der Waals surface area contributed by atoms with Gasteiger partial charge in [-0.15, -0.1) is 11.8 Å². The quantitative estimate of drug-likeness (QED) is 0.433. The van der Waals surface area contributed by atoms with E-state index < -0.39 is 16.1 Å². The van der Waals surface area contributed by atoms with E-state index in [1.165, 1.54) is 6.92 Å². The van der Waals surface area contributed by atoms with Gasteiger partial charge in [-0.1, -0.05) is 31.0 Å². The molecule has 1 aliphatic carbocycles. The third-order valence-corrected chi connectivity index (χ3v) is 10.1. The number of nitrogens with zero attached hydrogens (tertiary/aromatic N) is 2. The number of carbonyl (C=O) groups excluding carboxylic acids is 1.